The predicted octanol–water partition coefficient (Wildman–Crippen LogP) is 3.45. The first-order valence-electron chi connectivity index (χ1n) is 6.44. The second-order valence-corrected chi connectivity index (χ2v) is 5.03. The first-order chi connectivity index (χ1) is 9.15. The lowest BCUT2D eigenvalue weighted by Gasteiger charge is -2.04. The SMILES string of the molecule is Cc1cc(-c2n[nH]c(C(C)C)n2)c2ccccc2n1. The zero-order chi connectivity index (χ0) is 13.4. The highest BCUT2D eigenvalue weighted by atomic mass is 15.2. The molecule has 3 aromatic rings. The molecule has 2 heterocycles. The molecule has 0 fully saturated rings. The zero-order valence-corrected chi connectivity index (χ0v) is 11.3. The monoisotopic (exact) mass is 252 g/mol. The minimum Gasteiger partial charge on any atom is -0.262 e. The van der Waals surface area contributed by atoms with Crippen molar-refractivity contribution in [1.29, 1.82) is 0 Å². The van der Waals surface area contributed by atoms with Crippen molar-refractivity contribution in [2.45, 2.75) is 26.7 Å². The van der Waals surface area contributed by atoms with E-state index in [1.165, 1.54) is 0 Å². The molecular formula is C15H16N4. The van der Waals surface area contributed by atoms with Crippen molar-refractivity contribution in [3.63, 3.8) is 0 Å². The van der Waals surface area contributed by atoms with E-state index >= 15 is 0 Å². The van der Waals surface area contributed by atoms with Crippen molar-refractivity contribution in [2.24, 2.45) is 0 Å². The molecule has 0 bridgehead atoms. The molecule has 0 aliphatic rings. The maximum absolute atomic E-state index is 4.58. The fraction of sp³-hybridized carbons (Fsp3) is 0.267. The molecule has 0 aliphatic carbocycles. The quantitative estimate of drug-likeness (QED) is 0.760. The van der Waals surface area contributed by atoms with Crippen LogP contribution < -0.4 is 0 Å². The number of benzene rings is 1. The van der Waals surface area contributed by atoms with Gasteiger partial charge in [-0.25, -0.2) is 4.98 Å². The van der Waals surface area contributed by atoms with Gasteiger partial charge in [0.05, 0.1) is 5.52 Å². The van der Waals surface area contributed by atoms with Gasteiger partial charge >= 0.3 is 0 Å². The van der Waals surface area contributed by atoms with Crippen molar-refractivity contribution < 1.29 is 0 Å². The molecule has 0 amide bonds. The normalized spacial score (nSPS) is 11.4. The molecule has 3 rings (SSSR count). The smallest absolute Gasteiger partial charge is 0.181 e. The van der Waals surface area contributed by atoms with Crippen LogP contribution in [-0.4, -0.2) is 20.2 Å². The molecule has 0 aliphatic heterocycles. The number of aromatic nitrogens is 4. The summed E-state index contributed by atoms with van der Waals surface area (Å²) in [6.07, 6.45) is 0. The number of aryl methyl sites for hydroxylation is 1. The number of nitrogens with zero attached hydrogens (tertiary/aromatic N) is 3. The minimum absolute atomic E-state index is 0.343. The summed E-state index contributed by atoms with van der Waals surface area (Å²) in [5.41, 5.74) is 2.99. The average molecular weight is 252 g/mol. The summed E-state index contributed by atoms with van der Waals surface area (Å²) in [5, 5.41) is 8.43. The first kappa shape index (κ1) is 11.8. The Kier molecular flexibility index (Phi) is 2.78. The third-order valence-electron chi connectivity index (χ3n) is 3.13. The van der Waals surface area contributed by atoms with Crippen molar-refractivity contribution >= 4 is 10.9 Å². The van der Waals surface area contributed by atoms with Crippen LogP contribution in [0.5, 0.6) is 0 Å². The van der Waals surface area contributed by atoms with E-state index in [-0.39, 0.29) is 0 Å². The Labute approximate surface area is 111 Å². The van der Waals surface area contributed by atoms with Crippen LogP contribution in [0.2, 0.25) is 0 Å². The fourth-order valence-electron chi connectivity index (χ4n) is 2.15. The Morgan fingerprint density at radius 1 is 1.11 bits per heavy atom. The number of pyridine rings is 1. The Morgan fingerprint density at radius 3 is 2.63 bits per heavy atom. The van der Waals surface area contributed by atoms with Crippen LogP contribution in [0.4, 0.5) is 0 Å². The van der Waals surface area contributed by atoms with E-state index in [0.29, 0.717) is 5.92 Å². The van der Waals surface area contributed by atoms with E-state index in [1.807, 2.05) is 31.2 Å². The van der Waals surface area contributed by atoms with Crippen LogP contribution in [0.15, 0.2) is 30.3 Å². The van der Waals surface area contributed by atoms with Crippen molar-refractivity contribution in [3.05, 3.63) is 41.9 Å². The summed E-state index contributed by atoms with van der Waals surface area (Å²) in [4.78, 5) is 9.11. The summed E-state index contributed by atoms with van der Waals surface area (Å²) in [5.74, 6) is 1.99. The Bertz CT molecular complexity index is 728. The second-order valence-electron chi connectivity index (χ2n) is 5.03. The van der Waals surface area contributed by atoms with Gasteiger partial charge in [0.2, 0.25) is 0 Å². The number of hydrogen-bond donors (Lipinski definition) is 1. The summed E-state index contributed by atoms with van der Waals surface area (Å²) < 4.78 is 0. The first-order valence-corrected chi connectivity index (χ1v) is 6.44. The van der Waals surface area contributed by atoms with Gasteiger partial charge in [-0.1, -0.05) is 32.0 Å². The second kappa shape index (κ2) is 4.46. The Balaban J connectivity index is 2.23. The molecule has 4 nitrogen and oxygen atoms in total. The number of H-pyrrole nitrogens is 1. The van der Waals surface area contributed by atoms with Gasteiger partial charge in [0, 0.05) is 22.6 Å². The van der Waals surface area contributed by atoms with E-state index in [2.05, 4.69) is 40.1 Å². The summed E-state index contributed by atoms with van der Waals surface area (Å²) in [7, 11) is 0. The van der Waals surface area contributed by atoms with E-state index in [9.17, 15) is 0 Å². The topological polar surface area (TPSA) is 54.5 Å². The van der Waals surface area contributed by atoms with Crippen LogP contribution in [0.25, 0.3) is 22.3 Å². The Hall–Kier alpha value is -2.23. The van der Waals surface area contributed by atoms with Crippen LogP contribution in [0, 0.1) is 6.92 Å². The van der Waals surface area contributed by atoms with Crippen molar-refractivity contribution in [1.82, 2.24) is 20.2 Å². The molecule has 1 aromatic carbocycles. The number of aromatic amines is 1. The maximum Gasteiger partial charge on any atom is 0.181 e. The molecule has 1 N–H and O–H groups in total. The highest BCUT2D eigenvalue weighted by molar-refractivity contribution is 5.92. The predicted molar refractivity (Wildman–Crippen MR) is 75.9 cm³/mol. The molecule has 96 valence electrons. The average Bonchev–Trinajstić information content (AvgIpc) is 2.87. The number of para-hydroxylation sites is 1. The molecule has 4 heteroatoms. The maximum atomic E-state index is 4.58. The standard InChI is InChI=1S/C15H16N4/c1-9(2)14-17-15(19-18-14)12-8-10(3)16-13-7-5-4-6-11(12)13/h4-9H,1-3H3,(H,17,18,19). The molecule has 0 spiro atoms. The van der Waals surface area contributed by atoms with Crippen molar-refractivity contribution in [2.75, 3.05) is 0 Å². The molecule has 0 saturated carbocycles. The molecule has 2 aromatic heterocycles. The van der Waals surface area contributed by atoms with Gasteiger partial charge in [0.15, 0.2) is 5.82 Å². The molecule has 19 heavy (non-hydrogen) atoms. The highest BCUT2D eigenvalue weighted by Gasteiger charge is 2.12. The highest BCUT2D eigenvalue weighted by Crippen LogP contribution is 2.26. The minimum atomic E-state index is 0.343. The third-order valence-corrected chi connectivity index (χ3v) is 3.13. The zero-order valence-electron chi connectivity index (χ0n) is 11.3. The molecule has 0 saturated heterocycles. The molecule has 0 unspecified atom stereocenters. The lowest BCUT2D eigenvalue weighted by molar-refractivity contribution is 0.781. The number of rotatable bonds is 2. The van der Waals surface area contributed by atoms with Gasteiger partial charge < -0.3 is 0 Å². The largest absolute Gasteiger partial charge is 0.262 e. The van der Waals surface area contributed by atoms with Gasteiger partial charge in [-0.2, -0.15) is 5.10 Å². The van der Waals surface area contributed by atoms with Crippen LogP contribution in [-0.2, 0) is 0 Å². The number of hydrogen-bond acceptors (Lipinski definition) is 3. The molecule has 0 atom stereocenters. The van der Waals surface area contributed by atoms with E-state index in [4.69, 9.17) is 0 Å². The van der Waals surface area contributed by atoms with Crippen molar-refractivity contribution in [3.8, 4) is 11.4 Å². The fourth-order valence-corrected chi connectivity index (χ4v) is 2.15. The van der Waals surface area contributed by atoms with Gasteiger partial charge in [-0.05, 0) is 19.1 Å². The summed E-state index contributed by atoms with van der Waals surface area (Å²) >= 11 is 0. The molecular weight excluding hydrogens is 236 g/mol. The Morgan fingerprint density at radius 2 is 1.89 bits per heavy atom. The van der Waals surface area contributed by atoms with Gasteiger partial charge in [-0.3, -0.25) is 10.1 Å². The van der Waals surface area contributed by atoms with E-state index in [0.717, 1.165) is 33.8 Å². The van der Waals surface area contributed by atoms with Crippen LogP contribution in [0.3, 0.4) is 0 Å². The summed E-state index contributed by atoms with van der Waals surface area (Å²) in [6, 6.07) is 10.1. The van der Waals surface area contributed by atoms with Crippen LogP contribution >= 0.6 is 0 Å². The molecule has 0 radical (unpaired) electrons. The van der Waals surface area contributed by atoms with E-state index < -0.39 is 0 Å². The lowest BCUT2D eigenvalue weighted by Crippen LogP contribution is -1.91. The van der Waals surface area contributed by atoms with Crippen LogP contribution in [0.1, 0.15) is 31.3 Å². The number of nitrogens with one attached hydrogen (secondary N) is 1. The van der Waals surface area contributed by atoms with Gasteiger partial charge in [0.1, 0.15) is 5.82 Å². The summed E-state index contributed by atoms with van der Waals surface area (Å²) in [6.45, 7) is 6.19. The third kappa shape index (κ3) is 2.10. The van der Waals surface area contributed by atoms with E-state index in [1.54, 1.807) is 0 Å². The van der Waals surface area contributed by atoms with Gasteiger partial charge in [0.25, 0.3) is 0 Å². The number of fused-ring (bicyclic) bond motifs is 1. The van der Waals surface area contributed by atoms with Gasteiger partial charge in [-0.15, -0.1) is 0 Å². The lowest BCUT2D eigenvalue weighted by atomic mass is 10.1.